The molecular weight excluding hydrogens is 640 g/mol. The first-order chi connectivity index (χ1) is 22.7. The largest absolute Gasteiger partial charge is 0.504 e. The van der Waals surface area contributed by atoms with Gasteiger partial charge in [-0.25, -0.2) is 4.79 Å². The minimum atomic E-state index is -1.73. The molecule has 0 radical (unpaired) electrons. The Hall–Kier alpha value is -4.84. The standard InChI is InChI=1S/C32H36O16/c33-13-26-28(41)29(42)30(43)32(48-26)46-6-5-16-10-23(38)24(39)11-17(16)18(15-2-4-20(35)22(37)9-15)12-27(40)47-25(31(44)45)8-14-1-3-19(34)21(36)7-14/h1-4,7,9-11,18,25-26,28-30,32-39,41-43H,5-6,8,12-13H2,(H,44,45)/t18-,25+,26+,28+,29-,30+,32+/m0/s1. The normalized spacial score (nSPS) is 22.1. The van der Waals surface area contributed by atoms with Crippen LogP contribution in [0.3, 0.4) is 0 Å². The molecule has 0 aromatic heterocycles. The average Bonchev–Trinajstić information content (AvgIpc) is 3.04. The van der Waals surface area contributed by atoms with E-state index in [-0.39, 0.29) is 41.7 Å². The van der Waals surface area contributed by atoms with E-state index in [1.807, 2.05) is 0 Å². The third kappa shape index (κ3) is 8.35. The first kappa shape index (κ1) is 36.0. The predicted octanol–water partition coefficient (Wildman–Crippen LogP) is 0.0403. The number of benzene rings is 3. The van der Waals surface area contributed by atoms with Gasteiger partial charge in [0, 0.05) is 12.3 Å². The number of carbonyl (C=O) groups is 2. The highest BCUT2D eigenvalue weighted by molar-refractivity contribution is 5.79. The molecule has 0 amide bonds. The summed E-state index contributed by atoms with van der Waals surface area (Å²) in [5.41, 5.74) is 0.879. The van der Waals surface area contributed by atoms with Crippen molar-refractivity contribution in [2.75, 3.05) is 13.2 Å². The van der Waals surface area contributed by atoms with E-state index in [2.05, 4.69) is 0 Å². The maximum Gasteiger partial charge on any atom is 0.345 e. The molecule has 16 nitrogen and oxygen atoms in total. The number of phenols is 6. The molecular formula is C32H36O16. The molecule has 11 N–H and O–H groups in total. The van der Waals surface area contributed by atoms with Crippen LogP contribution in [0.4, 0.5) is 0 Å². The van der Waals surface area contributed by atoms with Gasteiger partial charge in [-0.2, -0.15) is 0 Å². The summed E-state index contributed by atoms with van der Waals surface area (Å²) in [7, 11) is 0. The van der Waals surface area contributed by atoms with E-state index in [1.165, 1.54) is 12.1 Å². The lowest BCUT2D eigenvalue weighted by atomic mass is 9.84. The third-order valence-corrected chi connectivity index (χ3v) is 7.90. The highest BCUT2D eigenvalue weighted by Crippen LogP contribution is 2.40. The van der Waals surface area contributed by atoms with Gasteiger partial charge in [0.2, 0.25) is 6.10 Å². The second kappa shape index (κ2) is 15.4. The van der Waals surface area contributed by atoms with Crippen LogP contribution in [0.1, 0.15) is 34.6 Å². The van der Waals surface area contributed by atoms with E-state index in [4.69, 9.17) is 14.2 Å². The number of esters is 1. The first-order valence-corrected chi connectivity index (χ1v) is 14.6. The molecule has 3 aromatic carbocycles. The van der Waals surface area contributed by atoms with Gasteiger partial charge in [-0.3, -0.25) is 4.79 Å². The van der Waals surface area contributed by atoms with Gasteiger partial charge in [-0.1, -0.05) is 12.1 Å². The fraction of sp³-hybridized carbons (Fsp3) is 0.375. The Kier molecular flexibility index (Phi) is 11.5. The zero-order chi connectivity index (χ0) is 35.3. The summed E-state index contributed by atoms with van der Waals surface area (Å²) in [4.78, 5) is 25.3. The van der Waals surface area contributed by atoms with Crippen molar-refractivity contribution < 1.29 is 80.0 Å². The number of aromatic hydroxyl groups is 6. The minimum Gasteiger partial charge on any atom is -0.504 e. The Labute approximate surface area is 272 Å². The molecule has 1 aliphatic heterocycles. The fourth-order valence-electron chi connectivity index (χ4n) is 5.29. The SMILES string of the molecule is O=C(C[C@@H](c1ccc(O)c(O)c1)c1cc(O)c(O)cc1CCO[C@@H]1O[C@H](CO)[C@@H](O)[C@H](O)[C@H]1O)O[C@H](Cc1ccc(O)c(O)c1)C(=O)O. The lowest BCUT2D eigenvalue weighted by Gasteiger charge is -2.39. The van der Waals surface area contributed by atoms with Crippen LogP contribution >= 0.6 is 0 Å². The Bertz CT molecular complexity index is 1610. The number of aliphatic hydroxyl groups excluding tert-OH is 4. The number of carboxylic acid groups (broad SMARTS) is 1. The predicted molar refractivity (Wildman–Crippen MR) is 160 cm³/mol. The van der Waals surface area contributed by atoms with Crippen LogP contribution in [-0.4, -0.2) is 118 Å². The summed E-state index contributed by atoms with van der Waals surface area (Å²) < 4.78 is 16.2. The maximum atomic E-state index is 13.3. The number of hydrogen-bond acceptors (Lipinski definition) is 15. The molecule has 0 spiro atoms. The topological polar surface area (TPSA) is 284 Å². The minimum absolute atomic E-state index is 0.0874. The Morgan fingerprint density at radius 2 is 1.40 bits per heavy atom. The van der Waals surface area contributed by atoms with Gasteiger partial charge in [0.05, 0.1) is 19.6 Å². The van der Waals surface area contributed by atoms with Crippen molar-refractivity contribution in [1.82, 2.24) is 0 Å². The molecule has 0 unspecified atom stereocenters. The summed E-state index contributed by atoms with van der Waals surface area (Å²) in [6.45, 7) is -0.948. The molecule has 260 valence electrons. The van der Waals surface area contributed by atoms with E-state index >= 15 is 0 Å². The van der Waals surface area contributed by atoms with Gasteiger partial charge in [0.1, 0.15) is 24.4 Å². The zero-order valence-electron chi connectivity index (χ0n) is 25.2. The Morgan fingerprint density at radius 1 is 0.771 bits per heavy atom. The summed E-state index contributed by atoms with van der Waals surface area (Å²) in [5, 5.41) is 110. The second-order valence-corrected chi connectivity index (χ2v) is 11.2. The van der Waals surface area contributed by atoms with Crippen LogP contribution in [0, 0.1) is 0 Å². The van der Waals surface area contributed by atoms with Crippen LogP contribution in [0.15, 0.2) is 48.5 Å². The van der Waals surface area contributed by atoms with Gasteiger partial charge in [0.15, 0.2) is 40.8 Å². The monoisotopic (exact) mass is 676 g/mol. The number of phenolic OH excluding ortho intramolecular Hbond substituents is 6. The van der Waals surface area contributed by atoms with E-state index in [0.717, 1.165) is 36.4 Å². The maximum absolute atomic E-state index is 13.3. The van der Waals surface area contributed by atoms with Gasteiger partial charge >= 0.3 is 11.9 Å². The zero-order valence-corrected chi connectivity index (χ0v) is 25.2. The van der Waals surface area contributed by atoms with Gasteiger partial charge in [0.25, 0.3) is 0 Å². The van der Waals surface area contributed by atoms with Crippen LogP contribution in [0.5, 0.6) is 34.5 Å². The lowest BCUT2D eigenvalue weighted by molar-refractivity contribution is -0.300. The van der Waals surface area contributed by atoms with Crippen molar-refractivity contribution in [2.24, 2.45) is 0 Å². The number of aliphatic hydroxyl groups is 4. The van der Waals surface area contributed by atoms with E-state index in [9.17, 15) is 65.8 Å². The molecule has 4 rings (SSSR count). The summed E-state index contributed by atoms with van der Waals surface area (Å²) >= 11 is 0. The first-order valence-electron chi connectivity index (χ1n) is 14.6. The van der Waals surface area contributed by atoms with Crippen molar-refractivity contribution in [3.63, 3.8) is 0 Å². The molecule has 7 atom stereocenters. The van der Waals surface area contributed by atoms with Crippen molar-refractivity contribution in [2.45, 2.75) is 62.0 Å². The molecule has 3 aromatic rings. The fourth-order valence-corrected chi connectivity index (χ4v) is 5.29. The number of ether oxygens (including phenoxy) is 3. The van der Waals surface area contributed by atoms with Gasteiger partial charge in [-0.05, 0) is 65.1 Å². The van der Waals surface area contributed by atoms with Crippen molar-refractivity contribution >= 4 is 11.9 Å². The molecule has 1 saturated heterocycles. The number of rotatable bonds is 13. The molecule has 48 heavy (non-hydrogen) atoms. The van der Waals surface area contributed by atoms with Gasteiger partial charge in [-0.15, -0.1) is 0 Å². The second-order valence-electron chi connectivity index (χ2n) is 11.2. The molecule has 0 bridgehead atoms. The molecule has 0 aliphatic carbocycles. The van der Waals surface area contributed by atoms with Crippen LogP contribution < -0.4 is 0 Å². The highest BCUT2D eigenvalue weighted by atomic mass is 16.7. The summed E-state index contributed by atoms with van der Waals surface area (Å²) in [5.74, 6) is -6.78. The summed E-state index contributed by atoms with van der Waals surface area (Å²) in [6, 6.07) is 9.52. The average molecular weight is 677 g/mol. The van der Waals surface area contributed by atoms with Crippen LogP contribution in [0.2, 0.25) is 0 Å². The molecule has 1 aliphatic rings. The number of aliphatic carboxylic acids is 1. The smallest absolute Gasteiger partial charge is 0.345 e. The number of carbonyl (C=O) groups excluding carboxylic acids is 1. The van der Waals surface area contributed by atoms with Crippen molar-refractivity contribution in [3.8, 4) is 34.5 Å². The molecule has 16 heteroatoms. The summed E-state index contributed by atoms with van der Waals surface area (Å²) in [6.07, 6.45) is -10.5. The number of hydrogen-bond donors (Lipinski definition) is 11. The van der Waals surface area contributed by atoms with Gasteiger partial charge < -0.3 is 70.4 Å². The number of carboxylic acids is 1. The molecule has 0 saturated carbocycles. The third-order valence-electron chi connectivity index (χ3n) is 7.90. The molecule has 1 fully saturated rings. The lowest BCUT2D eigenvalue weighted by Crippen LogP contribution is -2.59. The van der Waals surface area contributed by atoms with Crippen molar-refractivity contribution in [1.29, 1.82) is 0 Å². The Morgan fingerprint density at radius 3 is 2.02 bits per heavy atom. The van der Waals surface area contributed by atoms with E-state index in [0.29, 0.717) is 0 Å². The highest BCUT2D eigenvalue weighted by Gasteiger charge is 2.44. The van der Waals surface area contributed by atoms with Crippen LogP contribution in [-0.2, 0) is 36.6 Å². The van der Waals surface area contributed by atoms with E-state index < -0.39 is 102 Å². The quantitative estimate of drug-likeness (QED) is 0.0842. The molecule has 1 heterocycles. The van der Waals surface area contributed by atoms with E-state index in [1.54, 1.807) is 0 Å². The Balaban J connectivity index is 1.61. The van der Waals surface area contributed by atoms with Crippen molar-refractivity contribution in [3.05, 3.63) is 70.8 Å². The van der Waals surface area contributed by atoms with Crippen LogP contribution in [0.25, 0.3) is 0 Å².